The Morgan fingerprint density at radius 3 is 2.37 bits per heavy atom. The Hall–Kier alpha value is -1.50. The lowest BCUT2D eigenvalue weighted by molar-refractivity contribution is -0.135. The SMILES string of the molecule is CCC(C)(C)C1CCC2(CC1)NC(=O)N(CC(=O)Nc1cc(Cl)c(Cl)cc1Cl)C2=O. The fraction of sp³-hybridized carbons (Fsp3) is 0.571. The van der Waals surface area contributed by atoms with E-state index >= 15 is 0 Å². The maximum atomic E-state index is 13.1. The van der Waals surface area contributed by atoms with E-state index in [9.17, 15) is 14.4 Å². The molecular formula is C21H26Cl3N3O3. The predicted molar refractivity (Wildman–Crippen MR) is 119 cm³/mol. The van der Waals surface area contributed by atoms with Crippen LogP contribution in [0.25, 0.3) is 0 Å². The van der Waals surface area contributed by atoms with Crippen molar-refractivity contribution in [3.8, 4) is 0 Å². The molecule has 9 heteroatoms. The normalized spacial score (nSPS) is 24.3. The highest BCUT2D eigenvalue weighted by atomic mass is 35.5. The Morgan fingerprint density at radius 2 is 1.77 bits per heavy atom. The lowest BCUT2D eigenvalue weighted by Gasteiger charge is -2.42. The Labute approximate surface area is 191 Å². The van der Waals surface area contributed by atoms with Gasteiger partial charge in [0.15, 0.2) is 0 Å². The lowest BCUT2D eigenvalue weighted by Crippen LogP contribution is -2.51. The second-order valence-electron chi connectivity index (χ2n) is 8.81. The molecule has 6 nitrogen and oxygen atoms in total. The molecule has 30 heavy (non-hydrogen) atoms. The van der Waals surface area contributed by atoms with Gasteiger partial charge in [0.2, 0.25) is 5.91 Å². The molecule has 2 aliphatic rings. The Bertz CT molecular complexity index is 880. The molecule has 1 aromatic carbocycles. The summed E-state index contributed by atoms with van der Waals surface area (Å²) in [4.78, 5) is 39.0. The van der Waals surface area contributed by atoms with Crippen LogP contribution in [0.5, 0.6) is 0 Å². The molecule has 1 saturated heterocycles. The van der Waals surface area contributed by atoms with Crippen molar-refractivity contribution in [2.24, 2.45) is 11.3 Å². The number of halogens is 3. The van der Waals surface area contributed by atoms with Gasteiger partial charge in [0.25, 0.3) is 5.91 Å². The van der Waals surface area contributed by atoms with Gasteiger partial charge >= 0.3 is 6.03 Å². The van der Waals surface area contributed by atoms with Gasteiger partial charge in [-0.15, -0.1) is 0 Å². The number of amides is 4. The average Bonchev–Trinajstić information content (AvgIpc) is 2.90. The molecule has 0 radical (unpaired) electrons. The van der Waals surface area contributed by atoms with E-state index in [1.807, 2.05) is 0 Å². The number of carbonyl (C=O) groups excluding carboxylic acids is 3. The minimum absolute atomic E-state index is 0.200. The molecule has 1 aliphatic carbocycles. The first-order chi connectivity index (χ1) is 14.0. The van der Waals surface area contributed by atoms with Crippen LogP contribution < -0.4 is 10.6 Å². The van der Waals surface area contributed by atoms with Crippen LogP contribution in [0, 0.1) is 11.3 Å². The minimum atomic E-state index is -0.904. The molecule has 0 aromatic heterocycles. The second kappa shape index (κ2) is 8.56. The van der Waals surface area contributed by atoms with Gasteiger partial charge in [-0.3, -0.25) is 14.5 Å². The molecule has 1 heterocycles. The van der Waals surface area contributed by atoms with Crippen molar-refractivity contribution in [1.82, 2.24) is 10.2 Å². The fourth-order valence-corrected chi connectivity index (χ4v) is 4.89. The monoisotopic (exact) mass is 473 g/mol. The van der Waals surface area contributed by atoms with E-state index in [0.717, 1.165) is 24.2 Å². The molecule has 164 valence electrons. The number of hydrogen-bond acceptors (Lipinski definition) is 3. The standard InChI is InChI=1S/C21H26Cl3N3O3/c1-4-20(2,3)12-5-7-21(8-6-12)18(29)27(19(30)26-21)11-17(28)25-16-10-14(23)13(22)9-15(16)24/h9-10,12H,4-8,11H2,1-3H3,(H,25,28)(H,26,30). The summed E-state index contributed by atoms with van der Waals surface area (Å²) in [5, 5.41) is 6.14. The van der Waals surface area contributed by atoms with Crippen molar-refractivity contribution in [3.63, 3.8) is 0 Å². The Balaban J connectivity index is 1.66. The topological polar surface area (TPSA) is 78.5 Å². The van der Waals surface area contributed by atoms with Gasteiger partial charge in [-0.25, -0.2) is 4.79 Å². The zero-order chi connectivity index (χ0) is 22.3. The van der Waals surface area contributed by atoms with Crippen LogP contribution in [0.1, 0.15) is 52.9 Å². The number of anilines is 1. The number of nitrogens with zero attached hydrogens (tertiary/aromatic N) is 1. The zero-order valence-corrected chi connectivity index (χ0v) is 19.5. The number of carbonyl (C=O) groups is 3. The van der Waals surface area contributed by atoms with Crippen LogP contribution in [0.3, 0.4) is 0 Å². The first-order valence-corrected chi connectivity index (χ1v) is 11.2. The average molecular weight is 475 g/mol. The van der Waals surface area contributed by atoms with Gasteiger partial charge in [0.1, 0.15) is 12.1 Å². The van der Waals surface area contributed by atoms with Crippen LogP contribution >= 0.6 is 34.8 Å². The minimum Gasteiger partial charge on any atom is -0.323 e. The van der Waals surface area contributed by atoms with Crippen LogP contribution in [0.2, 0.25) is 15.1 Å². The molecule has 2 fully saturated rings. The summed E-state index contributed by atoms with van der Waals surface area (Å²) < 4.78 is 0. The summed E-state index contributed by atoms with van der Waals surface area (Å²) in [5.41, 5.74) is -0.439. The van der Waals surface area contributed by atoms with E-state index < -0.39 is 24.0 Å². The number of nitrogens with one attached hydrogen (secondary N) is 2. The number of benzene rings is 1. The maximum absolute atomic E-state index is 13.1. The molecule has 1 spiro atoms. The summed E-state index contributed by atoms with van der Waals surface area (Å²) in [6.45, 7) is 6.27. The number of hydrogen-bond donors (Lipinski definition) is 2. The molecule has 0 unspecified atom stereocenters. The summed E-state index contributed by atoms with van der Waals surface area (Å²) >= 11 is 17.9. The number of urea groups is 1. The zero-order valence-electron chi connectivity index (χ0n) is 17.3. The van der Waals surface area contributed by atoms with Gasteiger partial charge in [0, 0.05) is 0 Å². The molecule has 1 aliphatic heterocycles. The number of imide groups is 1. The summed E-state index contributed by atoms with van der Waals surface area (Å²) in [5.74, 6) is -0.376. The summed E-state index contributed by atoms with van der Waals surface area (Å²) in [6, 6.07) is 2.30. The largest absolute Gasteiger partial charge is 0.325 e. The third-order valence-corrected chi connectivity index (χ3v) is 7.72. The molecule has 3 rings (SSSR count). The molecule has 0 bridgehead atoms. The van der Waals surface area contributed by atoms with E-state index in [-0.39, 0.29) is 32.1 Å². The van der Waals surface area contributed by atoms with Crippen molar-refractivity contribution >= 4 is 58.3 Å². The molecule has 2 N–H and O–H groups in total. The summed E-state index contributed by atoms with van der Waals surface area (Å²) in [7, 11) is 0. The van der Waals surface area contributed by atoms with Gasteiger partial charge in [-0.2, -0.15) is 0 Å². The molecule has 1 saturated carbocycles. The van der Waals surface area contributed by atoms with Gasteiger partial charge in [0.05, 0.1) is 20.8 Å². The quantitative estimate of drug-likeness (QED) is 0.437. The third kappa shape index (κ3) is 4.41. The van der Waals surface area contributed by atoms with Crippen LogP contribution in [0.4, 0.5) is 10.5 Å². The van der Waals surface area contributed by atoms with Gasteiger partial charge < -0.3 is 10.6 Å². The first-order valence-electron chi connectivity index (χ1n) is 10.1. The highest BCUT2D eigenvalue weighted by molar-refractivity contribution is 6.44. The first kappa shape index (κ1) is 23.2. The molecular weight excluding hydrogens is 449 g/mol. The van der Waals surface area contributed by atoms with E-state index in [1.54, 1.807) is 0 Å². The lowest BCUT2D eigenvalue weighted by atomic mass is 9.65. The van der Waals surface area contributed by atoms with Gasteiger partial charge in [-0.05, 0) is 49.1 Å². The predicted octanol–water partition coefficient (Wildman–Crippen LogP) is 5.50. The number of rotatable bonds is 5. The third-order valence-electron chi connectivity index (χ3n) is 6.69. The van der Waals surface area contributed by atoms with Crippen molar-refractivity contribution in [1.29, 1.82) is 0 Å². The Morgan fingerprint density at radius 1 is 1.17 bits per heavy atom. The van der Waals surface area contributed by atoms with E-state index in [4.69, 9.17) is 34.8 Å². The highest BCUT2D eigenvalue weighted by Gasteiger charge is 2.53. The van der Waals surface area contributed by atoms with E-state index in [1.165, 1.54) is 12.1 Å². The Kier molecular flexibility index (Phi) is 6.61. The molecule has 4 amide bonds. The second-order valence-corrected chi connectivity index (χ2v) is 10.0. The van der Waals surface area contributed by atoms with Crippen LogP contribution in [-0.4, -0.2) is 34.8 Å². The van der Waals surface area contributed by atoms with Crippen molar-refractivity contribution in [2.45, 2.75) is 58.4 Å². The van der Waals surface area contributed by atoms with Crippen molar-refractivity contribution in [2.75, 3.05) is 11.9 Å². The molecule has 0 atom stereocenters. The van der Waals surface area contributed by atoms with Crippen molar-refractivity contribution in [3.05, 3.63) is 27.2 Å². The smallest absolute Gasteiger partial charge is 0.323 e. The molecule has 1 aromatic rings. The van der Waals surface area contributed by atoms with Crippen molar-refractivity contribution < 1.29 is 14.4 Å². The van der Waals surface area contributed by atoms with E-state index in [2.05, 4.69) is 31.4 Å². The van der Waals surface area contributed by atoms with Crippen LogP contribution in [-0.2, 0) is 9.59 Å². The van der Waals surface area contributed by atoms with E-state index in [0.29, 0.717) is 18.8 Å². The summed E-state index contributed by atoms with van der Waals surface area (Å²) in [6.07, 6.45) is 3.97. The highest BCUT2D eigenvalue weighted by Crippen LogP contribution is 2.45. The van der Waals surface area contributed by atoms with Crippen LogP contribution in [0.15, 0.2) is 12.1 Å². The fourth-order valence-electron chi connectivity index (χ4n) is 4.29. The van der Waals surface area contributed by atoms with Gasteiger partial charge in [-0.1, -0.05) is 62.0 Å². The maximum Gasteiger partial charge on any atom is 0.325 e.